The van der Waals surface area contributed by atoms with Crippen molar-refractivity contribution in [2.24, 2.45) is 5.41 Å². The van der Waals surface area contributed by atoms with Crippen molar-refractivity contribution in [3.63, 3.8) is 0 Å². The Morgan fingerprint density at radius 2 is 2.27 bits per heavy atom. The van der Waals surface area contributed by atoms with Crippen LogP contribution in [-0.4, -0.2) is 18.9 Å². The zero-order valence-corrected chi connectivity index (χ0v) is 6.72. The van der Waals surface area contributed by atoms with Gasteiger partial charge in [-0.1, -0.05) is 6.58 Å². The van der Waals surface area contributed by atoms with E-state index >= 15 is 0 Å². The third-order valence-electron chi connectivity index (χ3n) is 1.02. The lowest BCUT2D eigenvalue weighted by molar-refractivity contribution is -0.139. The third-order valence-corrected chi connectivity index (χ3v) is 1.02. The molecule has 0 aliphatic rings. The summed E-state index contributed by atoms with van der Waals surface area (Å²) in [6, 6.07) is 0. The number of carbonyl (C=O) groups is 1. The zero-order valence-electron chi connectivity index (χ0n) is 6.72. The fourth-order valence-corrected chi connectivity index (χ4v) is 0.340. The summed E-state index contributed by atoms with van der Waals surface area (Å²) in [5, 5.41) is 0. The van der Waals surface area contributed by atoms with Gasteiger partial charge >= 0.3 is 5.97 Å². The number of hydrogen-bond acceptors (Lipinski definition) is 3. The number of ether oxygens (including phenoxy) is 1. The lowest BCUT2D eigenvalue weighted by Gasteiger charge is -2.14. The Morgan fingerprint density at radius 1 is 1.73 bits per heavy atom. The topological polar surface area (TPSA) is 43.4 Å². The van der Waals surface area contributed by atoms with E-state index in [0.29, 0.717) is 0 Å². The first-order valence-corrected chi connectivity index (χ1v) is 3.20. The van der Waals surface area contributed by atoms with Crippen molar-refractivity contribution in [3.8, 4) is 0 Å². The quantitative estimate of drug-likeness (QED) is 0.446. The third kappa shape index (κ3) is 4.31. The van der Waals surface area contributed by atoms with Crippen molar-refractivity contribution in [2.45, 2.75) is 13.8 Å². The summed E-state index contributed by atoms with van der Waals surface area (Å²) >= 11 is 0. The fourth-order valence-electron chi connectivity index (χ4n) is 0.340. The van der Waals surface area contributed by atoms with Crippen LogP contribution in [0.2, 0.25) is 0 Å². The van der Waals surface area contributed by atoms with E-state index in [2.05, 4.69) is 11.3 Å². The maximum absolute atomic E-state index is 10.5. The average Bonchev–Trinajstić information content (AvgIpc) is 2.00. The minimum absolute atomic E-state index is 0.0430. The molecule has 0 heterocycles. The highest BCUT2D eigenvalue weighted by Crippen LogP contribution is 2.10. The second kappa shape index (κ2) is 3.91. The predicted molar refractivity (Wildman–Crippen MR) is 40.6 cm³/mol. The molecule has 0 rings (SSSR count). The summed E-state index contributed by atoms with van der Waals surface area (Å²) in [5.74, 6) is -0.520. The molecule has 0 aromatic rings. The van der Waals surface area contributed by atoms with Crippen LogP contribution in [0.1, 0.15) is 13.8 Å². The molecule has 0 N–H and O–H groups in total. The van der Waals surface area contributed by atoms with Crippen molar-refractivity contribution in [1.82, 2.24) is 0 Å². The number of hydrogen-bond donors (Lipinski definition) is 0. The second-order valence-electron chi connectivity index (χ2n) is 2.80. The smallest absolute Gasteiger partial charge is 0.330 e. The first kappa shape index (κ1) is 9.88. The Balaban J connectivity index is 3.78. The lowest BCUT2D eigenvalue weighted by Crippen LogP contribution is -2.22. The summed E-state index contributed by atoms with van der Waals surface area (Å²) in [6.07, 6.45) is 2.82. The van der Waals surface area contributed by atoms with Crippen LogP contribution in [0.25, 0.3) is 0 Å². The molecule has 0 atom stereocenters. The molecule has 0 spiro atoms. The molecule has 0 aromatic heterocycles. The van der Waals surface area contributed by atoms with E-state index in [9.17, 15) is 9.59 Å². The number of esters is 1. The minimum Gasteiger partial charge on any atom is -0.461 e. The van der Waals surface area contributed by atoms with E-state index in [1.165, 1.54) is 0 Å². The fraction of sp³-hybridized carbons (Fsp3) is 0.500. The van der Waals surface area contributed by atoms with Crippen LogP contribution in [0, 0.1) is 5.41 Å². The maximum atomic E-state index is 10.5. The SMILES string of the molecule is C=CC(=O)OCC(C)(C)[C]=O. The first-order valence-electron chi connectivity index (χ1n) is 3.20. The van der Waals surface area contributed by atoms with Crippen LogP contribution in [0.5, 0.6) is 0 Å². The highest BCUT2D eigenvalue weighted by atomic mass is 16.5. The summed E-state index contributed by atoms with van der Waals surface area (Å²) in [4.78, 5) is 20.7. The Bertz CT molecular complexity index is 170. The van der Waals surface area contributed by atoms with Crippen LogP contribution >= 0.6 is 0 Å². The van der Waals surface area contributed by atoms with E-state index in [0.717, 1.165) is 6.08 Å². The average molecular weight is 155 g/mol. The summed E-state index contributed by atoms with van der Waals surface area (Å²) in [6.45, 7) is 6.53. The van der Waals surface area contributed by atoms with Gasteiger partial charge in [-0.05, 0) is 13.8 Å². The Labute approximate surface area is 66.0 Å². The second-order valence-corrected chi connectivity index (χ2v) is 2.80. The van der Waals surface area contributed by atoms with Crippen LogP contribution in [0.15, 0.2) is 12.7 Å². The monoisotopic (exact) mass is 155 g/mol. The van der Waals surface area contributed by atoms with Crippen molar-refractivity contribution in [3.05, 3.63) is 12.7 Å². The van der Waals surface area contributed by atoms with E-state index in [4.69, 9.17) is 0 Å². The molecule has 3 nitrogen and oxygen atoms in total. The zero-order chi connectivity index (χ0) is 8.91. The van der Waals surface area contributed by atoms with E-state index in [-0.39, 0.29) is 6.61 Å². The molecule has 0 fully saturated rings. The largest absolute Gasteiger partial charge is 0.461 e. The van der Waals surface area contributed by atoms with Crippen molar-refractivity contribution >= 4 is 12.3 Å². The van der Waals surface area contributed by atoms with E-state index < -0.39 is 11.4 Å². The first-order chi connectivity index (χ1) is 5.02. The molecule has 0 bridgehead atoms. The standard InChI is InChI=1S/C8H11O3/c1-4-7(10)11-6-8(2,3)5-9/h4H,1,6H2,2-3H3. The molecule has 11 heavy (non-hydrogen) atoms. The molecule has 0 aliphatic heterocycles. The molecular weight excluding hydrogens is 144 g/mol. The molecule has 0 saturated heterocycles. The molecule has 1 radical (unpaired) electrons. The van der Waals surface area contributed by atoms with E-state index in [1.54, 1.807) is 20.1 Å². The summed E-state index contributed by atoms with van der Waals surface area (Å²) in [5.41, 5.74) is -0.724. The van der Waals surface area contributed by atoms with Gasteiger partial charge < -0.3 is 4.74 Å². The summed E-state index contributed by atoms with van der Waals surface area (Å²) < 4.78 is 4.63. The predicted octanol–water partition coefficient (Wildman–Crippen LogP) is 0.851. The van der Waals surface area contributed by atoms with Gasteiger partial charge in [0.2, 0.25) is 6.29 Å². The lowest BCUT2D eigenvalue weighted by atomic mass is 9.98. The van der Waals surface area contributed by atoms with Crippen molar-refractivity contribution in [2.75, 3.05) is 6.61 Å². The normalized spacial score (nSPS) is 10.4. The van der Waals surface area contributed by atoms with Gasteiger partial charge in [-0.3, -0.25) is 4.79 Å². The van der Waals surface area contributed by atoms with Gasteiger partial charge in [0.05, 0.1) is 5.41 Å². The van der Waals surface area contributed by atoms with Crippen LogP contribution in [0.3, 0.4) is 0 Å². The molecule has 61 valence electrons. The van der Waals surface area contributed by atoms with Gasteiger partial charge in [-0.15, -0.1) is 0 Å². The van der Waals surface area contributed by atoms with Crippen molar-refractivity contribution < 1.29 is 14.3 Å². The van der Waals surface area contributed by atoms with Gasteiger partial charge in [0.15, 0.2) is 0 Å². The van der Waals surface area contributed by atoms with Crippen molar-refractivity contribution in [1.29, 1.82) is 0 Å². The molecular formula is C8H11O3. The Hall–Kier alpha value is -1.12. The van der Waals surface area contributed by atoms with Gasteiger partial charge in [-0.2, -0.15) is 0 Å². The van der Waals surface area contributed by atoms with Crippen LogP contribution in [-0.2, 0) is 14.3 Å². The van der Waals surface area contributed by atoms with Gasteiger partial charge in [0.1, 0.15) is 6.61 Å². The minimum atomic E-state index is -0.724. The molecule has 0 aromatic carbocycles. The maximum Gasteiger partial charge on any atom is 0.330 e. The Morgan fingerprint density at radius 3 is 2.64 bits per heavy atom. The van der Waals surface area contributed by atoms with Gasteiger partial charge in [0.25, 0.3) is 0 Å². The van der Waals surface area contributed by atoms with E-state index in [1.807, 2.05) is 0 Å². The summed E-state index contributed by atoms with van der Waals surface area (Å²) in [7, 11) is 0. The molecule has 0 saturated carbocycles. The van der Waals surface area contributed by atoms with Gasteiger partial charge in [0, 0.05) is 6.08 Å². The highest BCUT2D eigenvalue weighted by Gasteiger charge is 2.19. The molecule has 3 heteroatoms. The van der Waals surface area contributed by atoms with Crippen LogP contribution in [0.4, 0.5) is 0 Å². The molecule has 0 unspecified atom stereocenters. The highest BCUT2D eigenvalue weighted by molar-refractivity contribution is 5.81. The van der Waals surface area contributed by atoms with Crippen LogP contribution < -0.4 is 0 Å². The number of carbonyl (C=O) groups excluding carboxylic acids is 2. The molecule has 0 aliphatic carbocycles. The van der Waals surface area contributed by atoms with Gasteiger partial charge in [-0.25, -0.2) is 4.79 Å². The molecule has 0 amide bonds. The Kier molecular flexibility index (Phi) is 3.51. The number of rotatable bonds is 4.